The average molecular weight is 408 g/mol. The smallest absolute Gasteiger partial charge is 0.203 e. The van der Waals surface area contributed by atoms with Gasteiger partial charge in [0.1, 0.15) is 12.1 Å². The second-order valence-corrected chi connectivity index (χ2v) is 5.49. The summed E-state index contributed by atoms with van der Waals surface area (Å²) in [4.78, 5) is 8.66. The molecule has 0 atom stereocenters. The Morgan fingerprint density at radius 3 is 1.79 bits per heavy atom. The second kappa shape index (κ2) is 9.18. The Balaban J connectivity index is 0.00000280. The molecule has 1 aromatic heterocycles. The predicted molar refractivity (Wildman–Crippen MR) is 109 cm³/mol. The molecule has 0 bridgehead atoms. The highest BCUT2D eigenvalue weighted by molar-refractivity contribution is 5.93. The number of aromatic nitrogens is 2. The van der Waals surface area contributed by atoms with Crippen LogP contribution in [0.25, 0.3) is 10.9 Å². The van der Waals surface area contributed by atoms with Gasteiger partial charge in [0.25, 0.3) is 0 Å². The molecule has 1 N–H and O–H groups in total. The van der Waals surface area contributed by atoms with Crippen molar-refractivity contribution in [2.75, 3.05) is 40.9 Å². The van der Waals surface area contributed by atoms with Gasteiger partial charge in [-0.3, -0.25) is 0 Å². The van der Waals surface area contributed by atoms with Crippen molar-refractivity contribution in [3.63, 3.8) is 0 Å². The number of anilines is 2. The molecule has 0 amide bonds. The fourth-order valence-electron chi connectivity index (χ4n) is 2.77. The van der Waals surface area contributed by atoms with Gasteiger partial charge >= 0.3 is 0 Å². The van der Waals surface area contributed by atoms with E-state index >= 15 is 0 Å². The summed E-state index contributed by atoms with van der Waals surface area (Å²) >= 11 is 0. The van der Waals surface area contributed by atoms with Gasteiger partial charge in [-0.25, -0.2) is 9.97 Å². The highest BCUT2D eigenvalue weighted by Crippen LogP contribution is 2.41. The second-order valence-electron chi connectivity index (χ2n) is 5.49. The van der Waals surface area contributed by atoms with Crippen molar-refractivity contribution in [3.05, 3.63) is 30.6 Å². The highest BCUT2D eigenvalue weighted by atomic mass is 35.5. The van der Waals surface area contributed by atoms with E-state index in [-0.39, 0.29) is 12.4 Å². The van der Waals surface area contributed by atoms with E-state index in [0.29, 0.717) is 34.6 Å². The van der Waals surface area contributed by atoms with Gasteiger partial charge in [0.15, 0.2) is 23.0 Å². The molecule has 0 saturated heterocycles. The first kappa shape index (κ1) is 21.2. The maximum absolute atomic E-state index is 5.40. The standard InChI is InChI=1S/C19H21N3O5.ClH/c1-23-14-8-12-13(9-15(14)24-2)20-10-21-19(12)22-11-6-16(25-3)18(27-5)17(7-11)26-4;/h6-10H,1-5H3,(H,20,21,22);1H. The number of fused-ring (bicyclic) bond motifs is 1. The maximum Gasteiger partial charge on any atom is 0.203 e. The van der Waals surface area contributed by atoms with E-state index in [9.17, 15) is 0 Å². The summed E-state index contributed by atoms with van der Waals surface area (Å²) in [6.45, 7) is 0. The van der Waals surface area contributed by atoms with Crippen LogP contribution in [0.4, 0.5) is 11.5 Å². The minimum Gasteiger partial charge on any atom is -0.493 e. The number of rotatable bonds is 7. The molecular formula is C19H22ClN3O5. The molecule has 0 aliphatic heterocycles. The van der Waals surface area contributed by atoms with Crippen LogP contribution in [0.1, 0.15) is 0 Å². The van der Waals surface area contributed by atoms with Crippen LogP contribution in [-0.2, 0) is 0 Å². The largest absolute Gasteiger partial charge is 0.493 e. The molecule has 150 valence electrons. The number of methoxy groups -OCH3 is 5. The van der Waals surface area contributed by atoms with Gasteiger partial charge in [0, 0.05) is 29.3 Å². The van der Waals surface area contributed by atoms with Gasteiger partial charge in [0.05, 0.1) is 41.1 Å². The number of hydrogen-bond acceptors (Lipinski definition) is 8. The minimum atomic E-state index is 0. The molecule has 0 saturated carbocycles. The zero-order valence-electron chi connectivity index (χ0n) is 16.2. The normalized spacial score (nSPS) is 10.0. The number of benzene rings is 2. The molecule has 9 heteroatoms. The number of nitrogens with zero attached hydrogens (tertiary/aromatic N) is 2. The quantitative estimate of drug-likeness (QED) is 0.632. The molecule has 28 heavy (non-hydrogen) atoms. The zero-order chi connectivity index (χ0) is 19.4. The van der Waals surface area contributed by atoms with E-state index in [0.717, 1.165) is 16.6 Å². The van der Waals surface area contributed by atoms with Crippen LogP contribution < -0.4 is 29.0 Å². The van der Waals surface area contributed by atoms with Crippen LogP contribution in [0, 0.1) is 0 Å². The summed E-state index contributed by atoms with van der Waals surface area (Å²) < 4.78 is 26.9. The van der Waals surface area contributed by atoms with Crippen molar-refractivity contribution in [2.45, 2.75) is 0 Å². The number of nitrogens with one attached hydrogen (secondary N) is 1. The van der Waals surface area contributed by atoms with Gasteiger partial charge in [-0.2, -0.15) is 0 Å². The van der Waals surface area contributed by atoms with Crippen molar-refractivity contribution in [1.29, 1.82) is 0 Å². The Hall–Kier alpha value is -3.13. The summed E-state index contributed by atoms with van der Waals surface area (Å²) in [7, 11) is 7.86. The molecular weight excluding hydrogens is 386 g/mol. The SMILES string of the molecule is COc1cc2ncnc(Nc3cc(OC)c(OC)c(OC)c3)c2cc1OC.Cl. The first-order chi connectivity index (χ1) is 13.1. The molecule has 0 radical (unpaired) electrons. The Morgan fingerprint density at radius 1 is 0.679 bits per heavy atom. The first-order valence-electron chi connectivity index (χ1n) is 8.08. The lowest BCUT2D eigenvalue weighted by atomic mass is 10.2. The molecule has 0 aliphatic rings. The number of hydrogen-bond donors (Lipinski definition) is 1. The average Bonchev–Trinajstić information content (AvgIpc) is 2.72. The van der Waals surface area contributed by atoms with Crippen LogP contribution in [0.3, 0.4) is 0 Å². The van der Waals surface area contributed by atoms with E-state index in [2.05, 4.69) is 15.3 Å². The third kappa shape index (κ3) is 3.91. The molecule has 3 rings (SSSR count). The fourth-order valence-corrected chi connectivity index (χ4v) is 2.77. The molecule has 2 aromatic carbocycles. The van der Waals surface area contributed by atoms with Crippen LogP contribution in [0.5, 0.6) is 28.7 Å². The maximum atomic E-state index is 5.40. The lowest BCUT2D eigenvalue weighted by Crippen LogP contribution is -2.00. The molecule has 0 fully saturated rings. The van der Waals surface area contributed by atoms with Crippen LogP contribution in [0.2, 0.25) is 0 Å². The summed E-state index contributed by atoms with van der Waals surface area (Å²) in [5, 5.41) is 4.05. The van der Waals surface area contributed by atoms with Crippen LogP contribution in [-0.4, -0.2) is 45.5 Å². The van der Waals surface area contributed by atoms with E-state index in [1.54, 1.807) is 53.7 Å². The Morgan fingerprint density at radius 2 is 1.25 bits per heavy atom. The Labute approximate surface area is 169 Å². The van der Waals surface area contributed by atoms with Crippen molar-refractivity contribution in [3.8, 4) is 28.7 Å². The molecule has 3 aromatic rings. The first-order valence-corrected chi connectivity index (χ1v) is 8.08. The van der Waals surface area contributed by atoms with E-state index in [1.165, 1.54) is 6.33 Å². The topological polar surface area (TPSA) is 84.0 Å². The van der Waals surface area contributed by atoms with E-state index in [1.807, 2.05) is 6.07 Å². The molecule has 0 spiro atoms. The summed E-state index contributed by atoms with van der Waals surface area (Å²) in [6.07, 6.45) is 1.48. The highest BCUT2D eigenvalue weighted by Gasteiger charge is 2.15. The van der Waals surface area contributed by atoms with E-state index in [4.69, 9.17) is 23.7 Å². The minimum absolute atomic E-state index is 0. The molecule has 8 nitrogen and oxygen atoms in total. The Kier molecular flexibility index (Phi) is 6.94. The zero-order valence-corrected chi connectivity index (χ0v) is 17.0. The van der Waals surface area contributed by atoms with Crippen molar-refractivity contribution < 1.29 is 23.7 Å². The lowest BCUT2D eigenvalue weighted by molar-refractivity contribution is 0.324. The summed E-state index contributed by atoms with van der Waals surface area (Å²) in [5.41, 5.74) is 1.44. The predicted octanol–water partition coefficient (Wildman–Crippen LogP) is 3.84. The molecule has 0 aliphatic carbocycles. The lowest BCUT2D eigenvalue weighted by Gasteiger charge is -2.16. The van der Waals surface area contributed by atoms with Gasteiger partial charge < -0.3 is 29.0 Å². The van der Waals surface area contributed by atoms with Crippen molar-refractivity contribution in [2.24, 2.45) is 0 Å². The third-order valence-electron chi connectivity index (χ3n) is 4.07. The van der Waals surface area contributed by atoms with Crippen LogP contribution in [0.15, 0.2) is 30.6 Å². The monoisotopic (exact) mass is 407 g/mol. The van der Waals surface area contributed by atoms with Crippen molar-refractivity contribution in [1.82, 2.24) is 9.97 Å². The van der Waals surface area contributed by atoms with Gasteiger partial charge in [-0.15, -0.1) is 12.4 Å². The van der Waals surface area contributed by atoms with Crippen molar-refractivity contribution >= 4 is 34.8 Å². The van der Waals surface area contributed by atoms with E-state index < -0.39 is 0 Å². The fraction of sp³-hybridized carbons (Fsp3) is 0.263. The number of ether oxygens (including phenoxy) is 5. The molecule has 0 unspecified atom stereocenters. The molecule has 1 heterocycles. The summed E-state index contributed by atoms with van der Waals surface area (Å²) in [5.74, 6) is 3.39. The van der Waals surface area contributed by atoms with Gasteiger partial charge in [0.2, 0.25) is 5.75 Å². The van der Waals surface area contributed by atoms with Crippen LogP contribution >= 0.6 is 12.4 Å². The number of halogens is 1. The summed E-state index contributed by atoms with van der Waals surface area (Å²) in [6, 6.07) is 7.23. The third-order valence-corrected chi connectivity index (χ3v) is 4.07. The van der Waals surface area contributed by atoms with Gasteiger partial charge in [-0.05, 0) is 6.07 Å². The van der Waals surface area contributed by atoms with Gasteiger partial charge in [-0.1, -0.05) is 0 Å². The Bertz CT molecular complexity index is 943.